The van der Waals surface area contributed by atoms with Crippen molar-refractivity contribution in [2.24, 2.45) is 21.5 Å². The minimum Gasteiger partial charge on any atom is -0.368 e. The summed E-state index contributed by atoms with van der Waals surface area (Å²) in [4.78, 5) is 14.1. The lowest BCUT2D eigenvalue weighted by Gasteiger charge is -2.38. The van der Waals surface area contributed by atoms with E-state index in [1.807, 2.05) is 32.0 Å². The molecule has 114 valence electrons. The number of aliphatic imine (C=N–C) groups is 2. The molecule has 0 saturated heterocycles. The van der Waals surface area contributed by atoms with E-state index in [0.29, 0.717) is 6.61 Å². The summed E-state index contributed by atoms with van der Waals surface area (Å²) in [5.41, 5.74) is 12.3. The third-order valence-electron chi connectivity index (χ3n) is 3.57. The van der Waals surface area contributed by atoms with Crippen molar-refractivity contribution >= 4 is 11.9 Å². The number of nitrogens with zero attached hydrogens (tertiary/aromatic N) is 3. The first-order valence-corrected chi connectivity index (χ1v) is 7.22. The second kappa shape index (κ2) is 6.58. The van der Waals surface area contributed by atoms with Crippen LogP contribution < -0.4 is 11.5 Å². The molecule has 0 fully saturated rings. The van der Waals surface area contributed by atoms with Gasteiger partial charge in [0.1, 0.15) is 0 Å². The molecule has 1 unspecified atom stereocenters. The zero-order chi connectivity index (χ0) is 15.3. The number of hydroxylamine groups is 2. The van der Waals surface area contributed by atoms with Crippen molar-refractivity contribution in [3.8, 4) is 0 Å². The smallest absolute Gasteiger partial charge is 0.226 e. The van der Waals surface area contributed by atoms with Gasteiger partial charge in [0.15, 0.2) is 5.66 Å². The molecule has 1 aromatic carbocycles. The average Bonchev–Trinajstić information content (AvgIpc) is 2.46. The van der Waals surface area contributed by atoms with Gasteiger partial charge in [0.2, 0.25) is 11.9 Å². The van der Waals surface area contributed by atoms with Crippen LogP contribution in [0.15, 0.2) is 40.3 Å². The third-order valence-corrected chi connectivity index (χ3v) is 3.57. The zero-order valence-corrected chi connectivity index (χ0v) is 12.6. The van der Waals surface area contributed by atoms with Gasteiger partial charge in [-0.25, -0.2) is 4.99 Å². The van der Waals surface area contributed by atoms with E-state index in [1.165, 1.54) is 5.56 Å². The van der Waals surface area contributed by atoms with Crippen molar-refractivity contribution in [2.75, 3.05) is 6.61 Å². The first kappa shape index (κ1) is 15.3. The van der Waals surface area contributed by atoms with Crippen LogP contribution in [0.1, 0.15) is 32.3 Å². The molecule has 0 bridgehead atoms. The molecular weight excluding hydrogens is 266 g/mol. The number of rotatable bonds is 6. The summed E-state index contributed by atoms with van der Waals surface area (Å²) >= 11 is 0. The van der Waals surface area contributed by atoms with Gasteiger partial charge in [-0.05, 0) is 31.7 Å². The molecule has 2 rings (SSSR count). The van der Waals surface area contributed by atoms with Gasteiger partial charge in [-0.15, -0.1) is 0 Å². The predicted octanol–water partition coefficient (Wildman–Crippen LogP) is 1.62. The van der Waals surface area contributed by atoms with E-state index in [2.05, 4.69) is 22.1 Å². The number of hydrogen-bond donors (Lipinski definition) is 2. The standard InChI is InChI=1S/C15H23N5O/c1-3-15(2)19-13(16)18-14(17)20(15)21-11-7-10-12-8-5-4-6-9-12/h4-6,8-9H,3,7,10-11H2,1-2H3,(H4,16,17,18,19). The molecule has 4 N–H and O–H groups in total. The Balaban J connectivity index is 1.88. The van der Waals surface area contributed by atoms with Gasteiger partial charge in [-0.3, -0.25) is 4.84 Å². The van der Waals surface area contributed by atoms with E-state index in [4.69, 9.17) is 16.3 Å². The van der Waals surface area contributed by atoms with Crippen LogP contribution in [0.3, 0.4) is 0 Å². The Kier molecular flexibility index (Phi) is 4.80. The molecule has 6 nitrogen and oxygen atoms in total. The van der Waals surface area contributed by atoms with Crippen LogP contribution in [-0.2, 0) is 11.3 Å². The molecule has 0 spiro atoms. The zero-order valence-electron chi connectivity index (χ0n) is 12.6. The van der Waals surface area contributed by atoms with Crippen molar-refractivity contribution in [1.29, 1.82) is 0 Å². The highest BCUT2D eigenvalue weighted by atomic mass is 16.7. The van der Waals surface area contributed by atoms with Gasteiger partial charge < -0.3 is 11.5 Å². The second-order valence-electron chi connectivity index (χ2n) is 5.23. The van der Waals surface area contributed by atoms with Crippen LogP contribution >= 0.6 is 0 Å². The van der Waals surface area contributed by atoms with Crippen LogP contribution in [0.4, 0.5) is 0 Å². The summed E-state index contributed by atoms with van der Waals surface area (Å²) < 4.78 is 0. The molecular formula is C15H23N5O. The Morgan fingerprint density at radius 3 is 2.62 bits per heavy atom. The van der Waals surface area contributed by atoms with Gasteiger partial charge in [0.05, 0.1) is 6.61 Å². The van der Waals surface area contributed by atoms with Crippen LogP contribution in [0.2, 0.25) is 0 Å². The monoisotopic (exact) mass is 289 g/mol. The number of benzene rings is 1. The lowest BCUT2D eigenvalue weighted by atomic mass is 10.1. The molecule has 1 atom stereocenters. The molecule has 0 amide bonds. The highest BCUT2D eigenvalue weighted by Crippen LogP contribution is 2.24. The Hall–Kier alpha value is -2.08. The third kappa shape index (κ3) is 3.72. The van der Waals surface area contributed by atoms with Crippen molar-refractivity contribution in [3.05, 3.63) is 35.9 Å². The lowest BCUT2D eigenvalue weighted by Crippen LogP contribution is -2.55. The first-order valence-electron chi connectivity index (χ1n) is 7.22. The number of aryl methyl sites for hydroxylation is 1. The van der Waals surface area contributed by atoms with E-state index in [-0.39, 0.29) is 11.9 Å². The number of guanidine groups is 2. The van der Waals surface area contributed by atoms with Crippen molar-refractivity contribution in [3.63, 3.8) is 0 Å². The SMILES string of the molecule is CCC1(C)N=C(N)N=C(N)N1OCCCc1ccccc1. The fraction of sp³-hybridized carbons (Fsp3) is 0.467. The van der Waals surface area contributed by atoms with Crippen LogP contribution in [0, 0.1) is 0 Å². The lowest BCUT2D eigenvalue weighted by molar-refractivity contribution is -0.163. The second-order valence-corrected chi connectivity index (χ2v) is 5.23. The highest BCUT2D eigenvalue weighted by Gasteiger charge is 2.35. The summed E-state index contributed by atoms with van der Waals surface area (Å²) in [5.74, 6) is 0.451. The quantitative estimate of drug-likeness (QED) is 0.779. The molecule has 1 aromatic rings. The van der Waals surface area contributed by atoms with Gasteiger partial charge >= 0.3 is 0 Å². The molecule has 0 saturated carbocycles. The minimum absolute atomic E-state index is 0.195. The average molecular weight is 289 g/mol. The molecule has 1 aliphatic rings. The van der Waals surface area contributed by atoms with E-state index in [0.717, 1.165) is 19.3 Å². The maximum absolute atomic E-state index is 5.90. The predicted molar refractivity (Wildman–Crippen MR) is 84.5 cm³/mol. The molecule has 21 heavy (non-hydrogen) atoms. The summed E-state index contributed by atoms with van der Waals surface area (Å²) in [7, 11) is 0. The summed E-state index contributed by atoms with van der Waals surface area (Å²) in [6.45, 7) is 4.49. The van der Waals surface area contributed by atoms with Crippen LogP contribution in [-0.4, -0.2) is 29.3 Å². The van der Waals surface area contributed by atoms with Crippen molar-refractivity contribution < 1.29 is 4.84 Å². The first-order chi connectivity index (χ1) is 10.0. The van der Waals surface area contributed by atoms with E-state index >= 15 is 0 Å². The molecule has 6 heteroatoms. The van der Waals surface area contributed by atoms with Gasteiger partial charge in [0.25, 0.3) is 0 Å². The molecule has 0 radical (unpaired) electrons. The largest absolute Gasteiger partial charge is 0.368 e. The normalized spacial score (nSPS) is 21.9. The molecule has 1 aliphatic heterocycles. The summed E-state index contributed by atoms with van der Waals surface area (Å²) in [6.07, 6.45) is 2.58. The van der Waals surface area contributed by atoms with E-state index in [1.54, 1.807) is 5.06 Å². The van der Waals surface area contributed by atoms with Gasteiger partial charge in [0, 0.05) is 0 Å². The number of nitrogens with two attached hydrogens (primary N) is 2. The Morgan fingerprint density at radius 2 is 1.95 bits per heavy atom. The minimum atomic E-state index is -0.595. The van der Waals surface area contributed by atoms with Crippen molar-refractivity contribution in [2.45, 2.75) is 38.8 Å². The fourth-order valence-electron chi connectivity index (χ4n) is 2.23. The van der Waals surface area contributed by atoms with Crippen LogP contribution in [0.25, 0.3) is 0 Å². The highest BCUT2D eigenvalue weighted by molar-refractivity contribution is 5.95. The number of hydrogen-bond acceptors (Lipinski definition) is 6. The Morgan fingerprint density at radius 1 is 1.24 bits per heavy atom. The Bertz CT molecular complexity index is 528. The molecule has 0 aliphatic carbocycles. The maximum atomic E-state index is 5.90. The van der Waals surface area contributed by atoms with E-state index < -0.39 is 5.66 Å². The van der Waals surface area contributed by atoms with Crippen LogP contribution in [0.5, 0.6) is 0 Å². The summed E-state index contributed by atoms with van der Waals surface area (Å²) in [6, 6.07) is 10.3. The van der Waals surface area contributed by atoms with E-state index in [9.17, 15) is 0 Å². The summed E-state index contributed by atoms with van der Waals surface area (Å²) in [5, 5.41) is 1.56. The molecule has 0 aromatic heterocycles. The topological polar surface area (TPSA) is 89.2 Å². The Labute approximate surface area is 125 Å². The fourth-order valence-corrected chi connectivity index (χ4v) is 2.23. The molecule has 1 heterocycles. The van der Waals surface area contributed by atoms with Gasteiger partial charge in [-0.1, -0.05) is 37.3 Å². The van der Waals surface area contributed by atoms with Gasteiger partial charge in [-0.2, -0.15) is 10.1 Å². The van der Waals surface area contributed by atoms with Crippen molar-refractivity contribution in [1.82, 2.24) is 5.06 Å². The maximum Gasteiger partial charge on any atom is 0.226 e.